The number of nitrogens with zero attached hydrogens (tertiary/aromatic N) is 2. The first-order valence-corrected chi connectivity index (χ1v) is 8.91. The van der Waals surface area contributed by atoms with Crippen LogP contribution in [0.3, 0.4) is 0 Å². The standard InChI is InChI=1S/C19H33N3O2/c1-15(2)14-24-18-7-6-16(12-19(18)23-5)17(13-21(3)4)22-10-8-20-9-11-22/h6-7,12,15,17,20H,8-11,13-14H2,1-5H3. The highest BCUT2D eigenvalue weighted by Gasteiger charge is 2.24. The number of piperazine rings is 1. The number of hydrogen-bond donors (Lipinski definition) is 1. The van der Waals surface area contributed by atoms with Crippen molar-refractivity contribution in [3.05, 3.63) is 23.8 Å². The maximum atomic E-state index is 5.89. The van der Waals surface area contributed by atoms with Crippen molar-refractivity contribution in [2.45, 2.75) is 19.9 Å². The first kappa shape index (κ1) is 19.0. The Hall–Kier alpha value is -1.30. The Morgan fingerprint density at radius 2 is 1.88 bits per heavy atom. The van der Waals surface area contributed by atoms with Crippen molar-refractivity contribution >= 4 is 0 Å². The molecule has 1 saturated heterocycles. The maximum Gasteiger partial charge on any atom is 0.161 e. The Bertz CT molecular complexity index is 499. The van der Waals surface area contributed by atoms with Gasteiger partial charge in [0.25, 0.3) is 0 Å². The minimum absolute atomic E-state index is 0.371. The topological polar surface area (TPSA) is 37.0 Å². The number of rotatable bonds is 8. The Kier molecular flexibility index (Phi) is 7.34. The van der Waals surface area contributed by atoms with Gasteiger partial charge in [0.05, 0.1) is 13.7 Å². The van der Waals surface area contributed by atoms with Crippen molar-refractivity contribution in [3.8, 4) is 11.5 Å². The van der Waals surface area contributed by atoms with Crippen LogP contribution in [0.4, 0.5) is 0 Å². The Morgan fingerprint density at radius 1 is 1.17 bits per heavy atom. The van der Waals surface area contributed by atoms with Gasteiger partial charge in [-0.1, -0.05) is 19.9 Å². The SMILES string of the molecule is COc1cc(C(CN(C)C)N2CCNCC2)ccc1OCC(C)C. The second-order valence-corrected chi connectivity index (χ2v) is 7.18. The van der Waals surface area contributed by atoms with Gasteiger partial charge in [0.15, 0.2) is 11.5 Å². The maximum absolute atomic E-state index is 5.89. The molecule has 0 amide bonds. The molecule has 2 rings (SSSR count). The van der Waals surface area contributed by atoms with E-state index in [9.17, 15) is 0 Å². The third-order valence-electron chi connectivity index (χ3n) is 4.28. The normalized spacial score (nSPS) is 17.3. The lowest BCUT2D eigenvalue weighted by atomic mass is 10.0. The van der Waals surface area contributed by atoms with Crippen molar-refractivity contribution in [2.75, 3.05) is 60.5 Å². The number of nitrogens with one attached hydrogen (secondary N) is 1. The fourth-order valence-electron chi connectivity index (χ4n) is 3.04. The van der Waals surface area contributed by atoms with Crippen LogP contribution in [0, 0.1) is 5.92 Å². The fourth-order valence-corrected chi connectivity index (χ4v) is 3.04. The molecule has 1 heterocycles. The summed E-state index contributed by atoms with van der Waals surface area (Å²) in [5, 5.41) is 3.43. The molecule has 0 saturated carbocycles. The van der Waals surface area contributed by atoms with Crippen molar-refractivity contribution in [3.63, 3.8) is 0 Å². The van der Waals surface area contributed by atoms with E-state index in [1.54, 1.807) is 7.11 Å². The fraction of sp³-hybridized carbons (Fsp3) is 0.684. The highest BCUT2D eigenvalue weighted by Crippen LogP contribution is 2.33. The van der Waals surface area contributed by atoms with Crippen LogP contribution in [0.2, 0.25) is 0 Å². The summed E-state index contributed by atoms with van der Waals surface area (Å²) in [6.07, 6.45) is 0. The Balaban J connectivity index is 2.21. The molecular weight excluding hydrogens is 302 g/mol. The van der Waals surface area contributed by atoms with E-state index in [2.05, 4.69) is 61.3 Å². The lowest BCUT2D eigenvalue weighted by Gasteiger charge is -2.36. The van der Waals surface area contributed by atoms with E-state index in [4.69, 9.17) is 9.47 Å². The molecule has 5 heteroatoms. The van der Waals surface area contributed by atoms with Crippen LogP contribution in [-0.4, -0.2) is 70.3 Å². The molecule has 1 aromatic rings. The molecule has 1 N–H and O–H groups in total. The van der Waals surface area contributed by atoms with E-state index in [1.165, 1.54) is 5.56 Å². The first-order chi connectivity index (χ1) is 11.5. The van der Waals surface area contributed by atoms with E-state index < -0.39 is 0 Å². The average Bonchev–Trinajstić information content (AvgIpc) is 2.58. The van der Waals surface area contributed by atoms with E-state index in [0.717, 1.165) is 44.2 Å². The van der Waals surface area contributed by atoms with Gasteiger partial charge in [0, 0.05) is 38.8 Å². The average molecular weight is 335 g/mol. The van der Waals surface area contributed by atoms with Crippen LogP contribution in [0.5, 0.6) is 11.5 Å². The van der Waals surface area contributed by atoms with Gasteiger partial charge >= 0.3 is 0 Å². The van der Waals surface area contributed by atoms with E-state index in [1.807, 2.05) is 0 Å². The summed E-state index contributed by atoms with van der Waals surface area (Å²) < 4.78 is 11.5. The lowest BCUT2D eigenvalue weighted by molar-refractivity contribution is 0.144. The number of ether oxygens (including phenoxy) is 2. The second kappa shape index (κ2) is 9.25. The van der Waals surface area contributed by atoms with E-state index >= 15 is 0 Å². The number of hydrogen-bond acceptors (Lipinski definition) is 5. The molecule has 0 aromatic heterocycles. The predicted molar refractivity (Wildman–Crippen MR) is 99.1 cm³/mol. The highest BCUT2D eigenvalue weighted by molar-refractivity contribution is 5.44. The molecule has 1 atom stereocenters. The molecule has 1 unspecified atom stereocenters. The van der Waals surface area contributed by atoms with Crippen molar-refractivity contribution in [1.29, 1.82) is 0 Å². The Morgan fingerprint density at radius 3 is 2.46 bits per heavy atom. The van der Waals surface area contributed by atoms with Gasteiger partial charge in [-0.2, -0.15) is 0 Å². The van der Waals surface area contributed by atoms with Crippen LogP contribution in [0.1, 0.15) is 25.5 Å². The monoisotopic (exact) mass is 335 g/mol. The van der Waals surface area contributed by atoms with Crippen molar-refractivity contribution < 1.29 is 9.47 Å². The number of benzene rings is 1. The Labute approximate surface area is 146 Å². The molecule has 24 heavy (non-hydrogen) atoms. The van der Waals surface area contributed by atoms with Gasteiger partial charge in [-0.25, -0.2) is 0 Å². The summed E-state index contributed by atoms with van der Waals surface area (Å²) in [5.41, 5.74) is 1.29. The van der Waals surface area contributed by atoms with Gasteiger partial charge in [0.2, 0.25) is 0 Å². The van der Waals surface area contributed by atoms with Gasteiger partial charge in [-0.15, -0.1) is 0 Å². The molecule has 1 fully saturated rings. The zero-order valence-corrected chi connectivity index (χ0v) is 15.8. The minimum Gasteiger partial charge on any atom is -0.493 e. The summed E-state index contributed by atoms with van der Waals surface area (Å²) in [7, 11) is 5.98. The summed E-state index contributed by atoms with van der Waals surface area (Å²) >= 11 is 0. The largest absolute Gasteiger partial charge is 0.493 e. The molecular formula is C19H33N3O2. The van der Waals surface area contributed by atoms with Crippen LogP contribution in [-0.2, 0) is 0 Å². The van der Waals surface area contributed by atoms with Gasteiger partial charge < -0.3 is 19.7 Å². The summed E-state index contributed by atoms with van der Waals surface area (Å²) in [6.45, 7) is 10.3. The van der Waals surface area contributed by atoms with Crippen molar-refractivity contribution in [2.24, 2.45) is 5.92 Å². The molecule has 5 nitrogen and oxygen atoms in total. The highest BCUT2D eigenvalue weighted by atomic mass is 16.5. The first-order valence-electron chi connectivity index (χ1n) is 8.91. The summed E-state index contributed by atoms with van der Waals surface area (Å²) in [4.78, 5) is 4.81. The minimum atomic E-state index is 0.371. The zero-order valence-electron chi connectivity index (χ0n) is 15.8. The smallest absolute Gasteiger partial charge is 0.161 e. The molecule has 1 aliphatic heterocycles. The summed E-state index contributed by atoms with van der Waals surface area (Å²) in [5.74, 6) is 2.16. The molecule has 0 bridgehead atoms. The molecule has 0 aliphatic carbocycles. The predicted octanol–water partition coefficient (Wildman–Crippen LogP) is 2.24. The van der Waals surface area contributed by atoms with Crippen LogP contribution < -0.4 is 14.8 Å². The number of methoxy groups -OCH3 is 1. The lowest BCUT2D eigenvalue weighted by Crippen LogP contribution is -2.47. The molecule has 0 spiro atoms. The molecule has 1 aliphatic rings. The second-order valence-electron chi connectivity index (χ2n) is 7.18. The number of likely N-dealkylation sites (N-methyl/N-ethyl adjacent to an activating group) is 1. The third-order valence-corrected chi connectivity index (χ3v) is 4.28. The summed E-state index contributed by atoms with van der Waals surface area (Å²) in [6, 6.07) is 6.76. The van der Waals surface area contributed by atoms with Gasteiger partial charge in [-0.05, 0) is 37.7 Å². The quantitative estimate of drug-likeness (QED) is 0.788. The third kappa shape index (κ3) is 5.36. The molecule has 0 radical (unpaired) electrons. The van der Waals surface area contributed by atoms with E-state index in [0.29, 0.717) is 18.6 Å². The van der Waals surface area contributed by atoms with E-state index in [-0.39, 0.29) is 0 Å². The van der Waals surface area contributed by atoms with Crippen LogP contribution >= 0.6 is 0 Å². The van der Waals surface area contributed by atoms with Gasteiger partial charge in [0.1, 0.15) is 0 Å². The van der Waals surface area contributed by atoms with Gasteiger partial charge in [-0.3, -0.25) is 4.90 Å². The van der Waals surface area contributed by atoms with Crippen LogP contribution in [0.15, 0.2) is 18.2 Å². The van der Waals surface area contributed by atoms with Crippen molar-refractivity contribution in [1.82, 2.24) is 15.1 Å². The van der Waals surface area contributed by atoms with Crippen LogP contribution in [0.25, 0.3) is 0 Å². The zero-order chi connectivity index (χ0) is 17.5. The molecule has 136 valence electrons. The molecule has 1 aromatic carbocycles.